The van der Waals surface area contributed by atoms with E-state index in [1.54, 1.807) is 24.5 Å². The van der Waals surface area contributed by atoms with Crippen LogP contribution in [0.5, 0.6) is 5.75 Å². The second kappa shape index (κ2) is 7.04. The molecule has 1 aromatic heterocycles. The first kappa shape index (κ1) is 13.7. The molecule has 0 fully saturated rings. The minimum Gasteiger partial charge on any atom is -0.484 e. The average Bonchev–Trinajstić information content (AvgIpc) is 2.46. The summed E-state index contributed by atoms with van der Waals surface area (Å²) in [7, 11) is 0. The van der Waals surface area contributed by atoms with Crippen molar-refractivity contribution >= 4 is 12.1 Å². The molecule has 0 spiro atoms. The van der Waals surface area contributed by atoms with Gasteiger partial charge < -0.3 is 4.74 Å². The van der Waals surface area contributed by atoms with Crippen LogP contribution in [0.15, 0.2) is 53.9 Å². The van der Waals surface area contributed by atoms with Crippen LogP contribution in [0.2, 0.25) is 0 Å². The number of hydrogen-bond donors (Lipinski definition) is 1. The smallest absolute Gasteiger partial charge is 0.277 e. The Morgan fingerprint density at radius 2 is 2.30 bits per heavy atom. The molecule has 2 rings (SSSR count). The molecule has 0 radical (unpaired) electrons. The lowest BCUT2D eigenvalue weighted by Crippen LogP contribution is -2.24. The number of carbonyl (C=O) groups excluding carboxylic acids is 1. The van der Waals surface area contributed by atoms with Gasteiger partial charge in [0.1, 0.15) is 5.75 Å². The molecular formula is C15H15N3O2. The maximum absolute atomic E-state index is 11.5. The van der Waals surface area contributed by atoms with Gasteiger partial charge in [-0.15, -0.1) is 0 Å². The molecule has 1 amide bonds. The van der Waals surface area contributed by atoms with Crippen molar-refractivity contribution in [2.24, 2.45) is 5.10 Å². The Bertz CT molecular complexity index is 597. The van der Waals surface area contributed by atoms with E-state index < -0.39 is 0 Å². The highest BCUT2D eigenvalue weighted by Gasteiger charge is 2.01. The first-order valence-electron chi connectivity index (χ1n) is 6.15. The molecule has 0 saturated heterocycles. The number of carbonyl (C=O) groups is 1. The SMILES string of the molecule is Cc1cccc(OCC(=O)N/N=C/c2cccnc2)c1. The Morgan fingerprint density at radius 1 is 1.40 bits per heavy atom. The first-order chi connectivity index (χ1) is 9.74. The lowest BCUT2D eigenvalue weighted by molar-refractivity contribution is -0.123. The van der Waals surface area contributed by atoms with Crippen molar-refractivity contribution in [1.82, 2.24) is 10.4 Å². The normalized spacial score (nSPS) is 10.4. The zero-order valence-electron chi connectivity index (χ0n) is 11.1. The molecule has 5 nitrogen and oxygen atoms in total. The molecule has 0 atom stereocenters. The van der Waals surface area contributed by atoms with Gasteiger partial charge in [0.25, 0.3) is 5.91 Å². The van der Waals surface area contributed by atoms with Gasteiger partial charge in [-0.05, 0) is 30.7 Å². The third-order valence-electron chi connectivity index (χ3n) is 2.45. The van der Waals surface area contributed by atoms with Gasteiger partial charge in [-0.25, -0.2) is 5.43 Å². The highest BCUT2D eigenvalue weighted by atomic mass is 16.5. The molecule has 0 aliphatic carbocycles. The third kappa shape index (κ3) is 4.53. The van der Waals surface area contributed by atoms with Crippen molar-refractivity contribution in [3.8, 4) is 5.75 Å². The summed E-state index contributed by atoms with van der Waals surface area (Å²) in [5.41, 5.74) is 4.29. The van der Waals surface area contributed by atoms with E-state index in [1.165, 1.54) is 6.21 Å². The van der Waals surface area contributed by atoms with E-state index in [9.17, 15) is 4.79 Å². The zero-order chi connectivity index (χ0) is 14.2. The number of amides is 1. The molecule has 0 bridgehead atoms. The molecule has 2 aromatic rings. The second-order valence-corrected chi connectivity index (χ2v) is 4.18. The maximum atomic E-state index is 11.5. The highest BCUT2D eigenvalue weighted by molar-refractivity contribution is 5.82. The first-order valence-corrected chi connectivity index (χ1v) is 6.15. The predicted octanol–water partition coefficient (Wildman–Crippen LogP) is 1.92. The van der Waals surface area contributed by atoms with E-state index in [2.05, 4.69) is 15.5 Å². The number of benzene rings is 1. The van der Waals surface area contributed by atoms with Crippen LogP contribution in [-0.4, -0.2) is 23.7 Å². The Labute approximate surface area is 117 Å². The van der Waals surface area contributed by atoms with Gasteiger partial charge in [0.2, 0.25) is 0 Å². The highest BCUT2D eigenvalue weighted by Crippen LogP contribution is 2.11. The summed E-state index contributed by atoms with van der Waals surface area (Å²) in [6.07, 6.45) is 4.85. The summed E-state index contributed by atoms with van der Waals surface area (Å²) in [6, 6.07) is 11.1. The number of hydrogen-bond acceptors (Lipinski definition) is 4. The van der Waals surface area contributed by atoms with Gasteiger partial charge in [0, 0.05) is 18.0 Å². The molecule has 20 heavy (non-hydrogen) atoms. The number of aromatic nitrogens is 1. The lowest BCUT2D eigenvalue weighted by Gasteiger charge is -2.05. The van der Waals surface area contributed by atoms with Gasteiger partial charge in [0.15, 0.2) is 6.61 Å². The molecular weight excluding hydrogens is 254 g/mol. The third-order valence-corrected chi connectivity index (χ3v) is 2.45. The number of hydrazone groups is 1. The Balaban J connectivity index is 1.77. The van der Waals surface area contributed by atoms with Crippen LogP contribution in [0.1, 0.15) is 11.1 Å². The van der Waals surface area contributed by atoms with Gasteiger partial charge in [-0.3, -0.25) is 9.78 Å². The van der Waals surface area contributed by atoms with Crippen molar-refractivity contribution in [3.63, 3.8) is 0 Å². The van der Waals surface area contributed by atoms with Crippen LogP contribution < -0.4 is 10.2 Å². The van der Waals surface area contributed by atoms with Crippen molar-refractivity contribution < 1.29 is 9.53 Å². The fourth-order valence-electron chi connectivity index (χ4n) is 1.52. The van der Waals surface area contributed by atoms with Crippen LogP contribution in [0.25, 0.3) is 0 Å². The summed E-state index contributed by atoms with van der Waals surface area (Å²) in [5.74, 6) is 0.350. The van der Waals surface area contributed by atoms with E-state index in [-0.39, 0.29) is 12.5 Å². The summed E-state index contributed by atoms with van der Waals surface area (Å²) < 4.78 is 5.35. The van der Waals surface area contributed by atoms with Gasteiger partial charge >= 0.3 is 0 Å². The molecule has 5 heteroatoms. The molecule has 1 aromatic carbocycles. The summed E-state index contributed by atoms with van der Waals surface area (Å²) in [6.45, 7) is 1.89. The number of rotatable bonds is 5. The van der Waals surface area contributed by atoms with Gasteiger partial charge in [-0.2, -0.15) is 5.10 Å². The molecule has 1 N–H and O–H groups in total. The van der Waals surface area contributed by atoms with Gasteiger partial charge in [-0.1, -0.05) is 18.2 Å². The minimum absolute atomic E-state index is 0.0756. The summed E-state index contributed by atoms with van der Waals surface area (Å²) in [4.78, 5) is 15.5. The predicted molar refractivity (Wildman–Crippen MR) is 76.6 cm³/mol. The largest absolute Gasteiger partial charge is 0.484 e. The Hall–Kier alpha value is -2.69. The van der Waals surface area contributed by atoms with Gasteiger partial charge in [0.05, 0.1) is 6.21 Å². The number of aryl methyl sites for hydroxylation is 1. The van der Waals surface area contributed by atoms with Crippen LogP contribution in [-0.2, 0) is 4.79 Å². The molecule has 0 aliphatic heterocycles. The van der Waals surface area contributed by atoms with Crippen LogP contribution in [0, 0.1) is 6.92 Å². The fourth-order valence-corrected chi connectivity index (χ4v) is 1.52. The van der Waals surface area contributed by atoms with Crippen molar-refractivity contribution in [2.45, 2.75) is 6.92 Å². The molecule has 0 saturated carbocycles. The molecule has 0 unspecified atom stereocenters. The van der Waals surface area contributed by atoms with E-state index in [0.717, 1.165) is 11.1 Å². The fraction of sp³-hybridized carbons (Fsp3) is 0.133. The van der Waals surface area contributed by atoms with E-state index in [4.69, 9.17) is 4.74 Å². The number of ether oxygens (including phenoxy) is 1. The number of pyridine rings is 1. The quantitative estimate of drug-likeness (QED) is 0.666. The maximum Gasteiger partial charge on any atom is 0.277 e. The van der Waals surface area contributed by atoms with Crippen molar-refractivity contribution in [1.29, 1.82) is 0 Å². The topological polar surface area (TPSA) is 63.6 Å². The van der Waals surface area contributed by atoms with Crippen molar-refractivity contribution in [2.75, 3.05) is 6.61 Å². The zero-order valence-corrected chi connectivity index (χ0v) is 11.1. The van der Waals surface area contributed by atoms with Crippen LogP contribution in [0.3, 0.4) is 0 Å². The Morgan fingerprint density at radius 3 is 3.05 bits per heavy atom. The average molecular weight is 269 g/mol. The number of nitrogens with one attached hydrogen (secondary N) is 1. The monoisotopic (exact) mass is 269 g/mol. The molecule has 102 valence electrons. The van der Waals surface area contributed by atoms with Crippen LogP contribution in [0.4, 0.5) is 0 Å². The van der Waals surface area contributed by atoms with Crippen LogP contribution >= 0.6 is 0 Å². The van der Waals surface area contributed by atoms with E-state index in [0.29, 0.717) is 5.75 Å². The molecule has 0 aliphatic rings. The summed E-state index contributed by atoms with van der Waals surface area (Å²) in [5, 5.41) is 3.83. The second-order valence-electron chi connectivity index (χ2n) is 4.18. The van der Waals surface area contributed by atoms with E-state index >= 15 is 0 Å². The number of nitrogens with zero attached hydrogens (tertiary/aromatic N) is 2. The van der Waals surface area contributed by atoms with E-state index in [1.807, 2.05) is 31.2 Å². The Kier molecular flexibility index (Phi) is 4.83. The summed E-state index contributed by atoms with van der Waals surface area (Å²) >= 11 is 0. The minimum atomic E-state index is -0.313. The van der Waals surface area contributed by atoms with Crippen molar-refractivity contribution in [3.05, 3.63) is 59.9 Å². The lowest BCUT2D eigenvalue weighted by atomic mass is 10.2. The standard InChI is InChI=1S/C15H15N3O2/c1-12-4-2-6-14(8-12)20-11-15(19)18-17-10-13-5-3-7-16-9-13/h2-10H,11H2,1H3,(H,18,19)/b17-10+. The molecule has 1 heterocycles.